The summed E-state index contributed by atoms with van der Waals surface area (Å²) in [6.45, 7) is 0.671. The van der Waals surface area contributed by atoms with E-state index in [0.717, 1.165) is 0 Å². The van der Waals surface area contributed by atoms with Crippen molar-refractivity contribution in [1.29, 1.82) is 0 Å². The number of amides is 2. The van der Waals surface area contributed by atoms with Gasteiger partial charge in [0.25, 0.3) is 0 Å². The molecule has 2 aromatic carbocycles. The van der Waals surface area contributed by atoms with Crippen molar-refractivity contribution in [3.05, 3.63) is 60.4 Å². The number of carbonyl (C=O) groups excluding carboxylic acids is 1. The maximum absolute atomic E-state index is 13.1. The summed E-state index contributed by atoms with van der Waals surface area (Å²) >= 11 is 0. The first-order chi connectivity index (χ1) is 12.4. The second kappa shape index (κ2) is 7.84. The van der Waals surface area contributed by atoms with E-state index >= 15 is 0 Å². The van der Waals surface area contributed by atoms with Crippen LogP contribution in [0.4, 0.5) is 14.9 Å². The second-order valence-electron chi connectivity index (χ2n) is 6.10. The lowest BCUT2D eigenvalue weighted by Gasteiger charge is -2.31. The van der Waals surface area contributed by atoms with E-state index in [4.69, 9.17) is 0 Å². The predicted molar refractivity (Wildman–Crippen MR) is 96.8 cm³/mol. The van der Waals surface area contributed by atoms with Crippen LogP contribution < -0.4 is 10.6 Å². The summed E-state index contributed by atoms with van der Waals surface area (Å²) in [5.41, 5.74) is 0.367. The van der Waals surface area contributed by atoms with E-state index in [1.807, 2.05) is 0 Å². The first-order valence-electron chi connectivity index (χ1n) is 8.33. The van der Waals surface area contributed by atoms with E-state index in [0.29, 0.717) is 31.6 Å². The molecule has 0 unspecified atom stereocenters. The molecule has 0 aliphatic carbocycles. The summed E-state index contributed by atoms with van der Waals surface area (Å²) in [6, 6.07) is 13.4. The molecule has 26 heavy (non-hydrogen) atoms. The van der Waals surface area contributed by atoms with Crippen LogP contribution >= 0.6 is 0 Å². The molecule has 2 aromatic rings. The molecule has 0 saturated carbocycles. The van der Waals surface area contributed by atoms with Crippen molar-refractivity contribution >= 4 is 21.7 Å². The Labute approximate surface area is 152 Å². The highest BCUT2D eigenvalue weighted by Gasteiger charge is 2.29. The Bertz CT molecular complexity index is 866. The quantitative estimate of drug-likeness (QED) is 0.860. The van der Waals surface area contributed by atoms with Crippen molar-refractivity contribution in [2.24, 2.45) is 0 Å². The minimum atomic E-state index is -3.50. The standard InChI is InChI=1S/C18H20FN3O3S/c19-14-5-4-6-16(13-14)21-18(23)20-15-9-11-22(12-10-15)26(24,25)17-7-2-1-3-8-17/h1-8,13,15H,9-12H2,(H2,20,21,23). The van der Waals surface area contributed by atoms with Gasteiger partial charge in [-0.2, -0.15) is 4.31 Å². The monoisotopic (exact) mass is 377 g/mol. The van der Waals surface area contributed by atoms with Crippen LogP contribution in [-0.4, -0.2) is 37.9 Å². The number of anilines is 1. The summed E-state index contributed by atoms with van der Waals surface area (Å²) in [5, 5.41) is 5.38. The largest absolute Gasteiger partial charge is 0.335 e. The molecular formula is C18H20FN3O3S. The number of carbonyl (C=O) groups is 1. The maximum Gasteiger partial charge on any atom is 0.319 e. The Kier molecular flexibility index (Phi) is 5.53. The average Bonchev–Trinajstić information content (AvgIpc) is 2.63. The fourth-order valence-corrected chi connectivity index (χ4v) is 4.39. The van der Waals surface area contributed by atoms with Gasteiger partial charge in [-0.05, 0) is 43.2 Å². The van der Waals surface area contributed by atoms with Gasteiger partial charge in [0.15, 0.2) is 0 Å². The smallest absolute Gasteiger partial charge is 0.319 e. The van der Waals surface area contributed by atoms with E-state index in [1.165, 1.54) is 22.5 Å². The van der Waals surface area contributed by atoms with Crippen molar-refractivity contribution in [2.45, 2.75) is 23.8 Å². The third-order valence-electron chi connectivity index (χ3n) is 4.25. The molecule has 1 aliphatic heterocycles. The van der Waals surface area contributed by atoms with Crippen LogP contribution in [0.2, 0.25) is 0 Å². The summed E-state index contributed by atoms with van der Waals surface area (Å²) in [5.74, 6) is -0.428. The highest BCUT2D eigenvalue weighted by atomic mass is 32.2. The molecule has 1 aliphatic rings. The number of rotatable bonds is 4. The number of benzene rings is 2. The lowest BCUT2D eigenvalue weighted by atomic mass is 10.1. The summed E-state index contributed by atoms with van der Waals surface area (Å²) in [4.78, 5) is 12.3. The molecule has 0 atom stereocenters. The number of urea groups is 1. The van der Waals surface area contributed by atoms with Gasteiger partial charge in [0.05, 0.1) is 4.90 Å². The first kappa shape index (κ1) is 18.3. The molecule has 0 bridgehead atoms. The topological polar surface area (TPSA) is 78.5 Å². The van der Waals surface area contributed by atoms with Gasteiger partial charge in [-0.15, -0.1) is 0 Å². The van der Waals surface area contributed by atoms with Gasteiger partial charge >= 0.3 is 6.03 Å². The predicted octanol–water partition coefficient (Wildman–Crippen LogP) is 2.80. The van der Waals surface area contributed by atoms with Crippen molar-refractivity contribution in [3.63, 3.8) is 0 Å². The lowest BCUT2D eigenvalue weighted by Crippen LogP contribution is -2.47. The number of sulfonamides is 1. The molecular weight excluding hydrogens is 357 g/mol. The average molecular weight is 377 g/mol. The molecule has 1 heterocycles. The van der Waals surface area contributed by atoms with E-state index in [2.05, 4.69) is 10.6 Å². The summed E-state index contributed by atoms with van der Waals surface area (Å²) in [6.07, 6.45) is 1.03. The number of halogens is 1. The molecule has 3 rings (SSSR count). The van der Waals surface area contributed by atoms with Crippen LogP contribution in [-0.2, 0) is 10.0 Å². The highest BCUT2D eigenvalue weighted by molar-refractivity contribution is 7.89. The molecule has 1 fully saturated rings. The molecule has 0 radical (unpaired) electrons. The Morgan fingerprint density at radius 3 is 2.38 bits per heavy atom. The van der Waals surface area contributed by atoms with E-state index in [9.17, 15) is 17.6 Å². The molecule has 138 valence electrons. The van der Waals surface area contributed by atoms with Crippen LogP contribution in [0.15, 0.2) is 59.5 Å². The molecule has 8 heteroatoms. The molecule has 0 aromatic heterocycles. The zero-order valence-corrected chi connectivity index (χ0v) is 14.9. The third-order valence-corrected chi connectivity index (χ3v) is 6.17. The highest BCUT2D eigenvalue weighted by Crippen LogP contribution is 2.20. The normalized spacial score (nSPS) is 16.2. The van der Waals surface area contributed by atoms with Gasteiger partial charge in [0.2, 0.25) is 10.0 Å². The Morgan fingerprint density at radius 2 is 1.73 bits per heavy atom. The molecule has 2 amide bonds. The first-order valence-corrected chi connectivity index (χ1v) is 9.77. The van der Waals surface area contributed by atoms with Crippen molar-refractivity contribution < 1.29 is 17.6 Å². The van der Waals surface area contributed by atoms with E-state index < -0.39 is 21.9 Å². The zero-order chi connectivity index (χ0) is 18.6. The zero-order valence-electron chi connectivity index (χ0n) is 14.1. The number of hydrogen-bond donors (Lipinski definition) is 2. The Morgan fingerprint density at radius 1 is 1.04 bits per heavy atom. The van der Waals surface area contributed by atoms with Gasteiger partial charge < -0.3 is 10.6 Å². The number of nitrogens with zero attached hydrogens (tertiary/aromatic N) is 1. The lowest BCUT2D eigenvalue weighted by molar-refractivity contribution is 0.238. The third kappa shape index (κ3) is 4.39. The molecule has 6 nitrogen and oxygen atoms in total. The summed E-state index contributed by atoms with van der Waals surface area (Å²) in [7, 11) is -3.50. The van der Waals surface area contributed by atoms with Gasteiger partial charge in [0, 0.05) is 24.8 Å². The van der Waals surface area contributed by atoms with Gasteiger partial charge in [-0.1, -0.05) is 24.3 Å². The molecule has 0 spiro atoms. The minimum absolute atomic E-state index is 0.134. The Hall–Kier alpha value is -2.45. The van der Waals surface area contributed by atoms with Crippen LogP contribution in [0.1, 0.15) is 12.8 Å². The fraction of sp³-hybridized carbons (Fsp3) is 0.278. The number of piperidine rings is 1. The minimum Gasteiger partial charge on any atom is -0.335 e. The van der Waals surface area contributed by atoms with Crippen LogP contribution in [0, 0.1) is 5.82 Å². The molecule has 2 N–H and O–H groups in total. The second-order valence-corrected chi connectivity index (χ2v) is 8.04. The van der Waals surface area contributed by atoms with Crippen molar-refractivity contribution in [2.75, 3.05) is 18.4 Å². The van der Waals surface area contributed by atoms with Crippen molar-refractivity contribution in [3.8, 4) is 0 Å². The van der Waals surface area contributed by atoms with Crippen LogP contribution in [0.5, 0.6) is 0 Å². The maximum atomic E-state index is 13.1. The van der Waals surface area contributed by atoms with E-state index in [1.54, 1.807) is 36.4 Å². The van der Waals surface area contributed by atoms with E-state index in [-0.39, 0.29) is 10.9 Å². The van der Waals surface area contributed by atoms with Crippen LogP contribution in [0.25, 0.3) is 0 Å². The van der Waals surface area contributed by atoms with Gasteiger partial charge in [0.1, 0.15) is 5.82 Å². The Balaban J connectivity index is 1.53. The fourth-order valence-electron chi connectivity index (χ4n) is 2.90. The SMILES string of the molecule is O=C(Nc1cccc(F)c1)NC1CCN(S(=O)(=O)c2ccccc2)CC1. The number of nitrogens with one attached hydrogen (secondary N) is 2. The van der Waals surface area contributed by atoms with Crippen LogP contribution in [0.3, 0.4) is 0 Å². The van der Waals surface area contributed by atoms with Crippen molar-refractivity contribution in [1.82, 2.24) is 9.62 Å². The number of hydrogen-bond acceptors (Lipinski definition) is 3. The molecule has 1 saturated heterocycles. The van der Waals surface area contributed by atoms with Gasteiger partial charge in [-0.3, -0.25) is 0 Å². The summed E-state index contributed by atoms with van der Waals surface area (Å²) < 4.78 is 39.7. The van der Waals surface area contributed by atoms with Gasteiger partial charge in [-0.25, -0.2) is 17.6 Å².